The van der Waals surface area contributed by atoms with E-state index in [0.29, 0.717) is 11.5 Å². The van der Waals surface area contributed by atoms with E-state index in [1.165, 1.54) is 6.07 Å². The number of halogens is 2. The molecule has 1 nitrogen and oxygen atoms in total. The van der Waals surface area contributed by atoms with Gasteiger partial charge in [-0.25, -0.2) is 8.78 Å². The van der Waals surface area contributed by atoms with Crippen molar-refractivity contribution in [3.63, 3.8) is 0 Å². The Labute approximate surface area is 126 Å². The molecule has 1 aliphatic rings. The van der Waals surface area contributed by atoms with Crippen LogP contribution in [-0.2, 0) is 4.74 Å². The average molecular weight is 294 g/mol. The maximum absolute atomic E-state index is 13.8. The average Bonchev–Trinajstić information content (AvgIpc) is 2.51. The highest BCUT2D eigenvalue weighted by Gasteiger charge is 2.24. The highest BCUT2D eigenvalue weighted by molar-refractivity contribution is 5.23. The SMILES string of the molecule is CC=COCCCC1CCC(c2cccc(F)c2F)CC1. The molecule has 116 valence electrons. The minimum absolute atomic E-state index is 0.177. The zero-order valence-corrected chi connectivity index (χ0v) is 12.7. The molecule has 21 heavy (non-hydrogen) atoms. The van der Waals surface area contributed by atoms with E-state index < -0.39 is 11.6 Å². The number of hydrogen-bond donors (Lipinski definition) is 0. The lowest BCUT2D eigenvalue weighted by Crippen LogP contribution is -2.15. The Hall–Kier alpha value is -1.38. The maximum atomic E-state index is 13.8. The van der Waals surface area contributed by atoms with Gasteiger partial charge < -0.3 is 4.74 Å². The first-order valence-corrected chi connectivity index (χ1v) is 7.89. The van der Waals surface area contributed by atoms with Crippen molar-refractivity contribution in [3.8, 4) is 0 Å². The summed E-state index contributed by atoms with van der Waals surface area (Å²) in [5, 5.41) is 0. The maximum Gasteiger partial charge on any atom is 0.162 e. The van der Waals surface area contributed by atoms with E-state index in [0.717, 1.165) is 45.1 Å². The van der Waals surface area contributed by atoms with E-state index in [1.807, 2.05) is 13.0 Å². The van der Waals surface area contributed by atoms with Crippen molar-refractivity contribution >= 4 is 0 Å². The Morgan fingerprint density at radius 3 is 2.67 bits per heavy atom. The number of hydrogen-bond acceptors (Lipinski definition) is 1. The Kier molecular flexibility index (Phi) is 6.21. The minimum atomic E-state index is -0.726. The van der Waals surface area contributed by atoms with Crippen LogP contribution >= 0.6 is 0 Å². The molecule has 1 fully saturated rings. The van der Waals surface area contributed by atoms with Gasteiger partial charge in [0.25, 0.3) is 0 Å². The van der Waals surface area contributed by atoms with Gasteiger partial charge in [0.1, 0.15) is 0 Å². The summed E-state index contributed by atoms with van der Waals surface area (Å²) < 4.78 is 32.4. The Balaban J connectivity index is 1.76. The van der Waals surface area contributed by atoms with Gasteiger partial charge in [0, 0.05) is 0 Å². The molecule has 0 amide bonds. The van der Waals surface area contributed by atoms with Crippen molar-refractivity contribution in [1.82, 2.24) is 0 Å². The van der Waals surface area contributed by atoms with Crippen molar-refractivity contribution in [3.05, 3.63) is 47.7 Å². The monoisotopic (exact) mass is 294 g/mol. The second kappa shape index (κ2) is 8.16. The number of ether oxygens (including phenoxy) is 1. The van der Waals surface area contributed by atoms with Gasteiger partial charge in [0.05, 0.1) is 12.9 Å². The van der Waals surface area contributed by atoms with Crippen LogP contribution in [0.25, 0.3) is 0 Å². The van der Waals surface area contributed by atoms with Gasteiger partial charge in [-0.2, -0.15) is 0 Å². The number of benzene rings is 1. The number of allylic oxidation sites excluding steroid dienone is 1. The molecule has 0 bridgehead atoms. The van der Waals surface area contributed by atoms with Gasteiger partial charge >= 0.3 is 0 Å². The predicted molar refractivity (Wildman–Crippen MR) is 81.1 cm³/mol. The van der Waals surface area contributed by atoms with Crippen LogP contribution in [0.3, 0.4) is 0 Å². The summed E-state index contributed by atoms with van der Waals surface area (Å²) in [6.45, 7) is 2.70. The molecule has 0 N–H and O–H groups in total. The van der Waals surface area contributed by atoms with Crippen molar-refractivity contribution in [1.29, 1.82) is 0 Å². The van der Waals surface area contributed by atoms with Crippen molar-refractivity contribution in [2.75, 3.05) is 6.61 Å². The van der Waals surface area contributed by atoms with Crippen LogP contribution in [0.5, 0.6) is 0 Å². The molecule has 0 unspecified atom stereocenters. The van der Waals surface area contributed by atoms with E-state index in [2.05, 4.69) is 0 Å². The fraction of sp³-hybridized carbons (Fsp3) is 0.556. The van der Waals surface area contributed by atoms with Crippen LogP contribution in [0.1, 0.15) is 56.9 Å². The summed E-state index contributed by atoms with van der Waals surface area (Å²) in [4.78, 5) is 0. The highest BCUT2D eigenvalue weighted by atomic mass is 19.2. The van der Waals surface area contributed by atoms with Crippen LogP contribution in [0.2, 0.25) is 0 Å². The van der Waals surface area contributed by atoms with Gasteiger partial charge in [0.15, 0.2) is 11.6 Å². The molecule has 0 spiro atoms. The second-order valence-electron chi connectivity index (χ2n) is 5.84. The molecule has 0 aliphatic heterocycles. The standard InChI is InChI=1S/C18H24F2O/c1-2-12-21-13-4-5-14-8-10-15(11-9-14)16-6-3-7-17(19)18(16)20/h2-3,6-7,12,14-15H,4-5,8-11,13H2,1H3. The quantitative estimate of drug-likeness (QED) is 0.492. The third-order valence-corrected chi connectivity index (χ3v) is 4.37. The lowest BCUT2D eigenvalue weighted by atomic mass is 9.77. The molecule has 1 aromatic rings. The molecule has 0 saturated heterocycles. The fourth-order valence-electron chi connectivity index (χ4n) is 3.22. The van der Waals surface area contributed by atoms with Crippen LogP contribution in [0.15, 0.2) is 30.5 Å². The topological polar surface area (TPSA) is 9.23 Å². The van der Waals surface area contributed by atoms with Gasteiger partial charge in [-0.3, -0.25) is 0 Å². The molecule has 0 heterocycles. The first-order chi connectivity index (χ1) is 10.2. The summed E-state index contributed by atoms with van der Waals surface area (Å²) in [7, 11) is 0. The molecule has 0 atom stereocenters. The van der Waals surface area contributed by atoms with Gasteiger partial charge in [-0.05, 0) is 68.9 Å². The van der Waals surface area contributed by atoms with Crippen molar-refractivity contribution in [2.24, 2.45) is 5.92 Å². The van der Waals surface area contributed by atoms with Crippen molar-refractivity contribution < 1.29 is 13.5 Å². The molecule has 0 radical (unpaired) electrons. The zero-order chi connectivity index (χ0) is 15.1. The molecule has 1 aromatic carbocycles. The minimum Gasteiger partial charge on any atom is -0.502 e. The Morgan fingerprint density at radius 1 is 1.19 bits per heavy atom. The molecule has 1 aliphatic carbocycles. The molecule has 0 aromatic heterocycles. The summed E-state index contributed by atoms with van der Waals surface area (Å²) in [6.07, 6.45) is 9.96. The third-order valence-electron chi connectivity index (χ3n) is 4.37. The Morgan fingerprint density at radius 2 is 1.95 bits per heavy atom. The van der Waals surface area contributed by atoms with E-state index >= 15 is 0 Å². The first kappa shape index (κ1) is 16.0. The van der Waals surface area contributed by atoms with Gasteiger partial charge in [0.2, 0.25) is 0 Å². The third kappa shape index (κ3) is 4.55. The lowest BCUT2D eigenvalue weighted by molar-refractivity contribution is 0.219. The Bertz CT molecular complexity index is 462. The first-order valence-electron chi connectivity index (χ1n) is 7.89. The van der Waals surface area contributed by atoms with E-state index in [9.17, 15) is 8.78 Å². The fourth-order valence-corrected chi connectivity index (χ4v) is 3.22. The summed E-state index contributed by atoms with van der Waals surface area (Å²) in [5.41, 5.74) is 0.560. The summed E-state index contributed by atoms with van der Waals surface area (Å²) >= 11 is 0. The van der Waals surface area contributed by atoms with Crippen LogP contribution < -0.4 is 0 Å². The normalized spacial score (nSPS) is 22.6. The second-order valence-corrected chi connectivity index (χ2v) is 5.84. The van der Waals surface area contributed by atoms with Gasteiger partial charge in [-0.1, -0.05) is 18.2 Å². The predicted octanol–water partition coefficient (Wildman–Crippen LogP) is 5.57. The van der Waals surface area contributed by atoms with Crippen molar-refractivity contribution in [2.45, 2.75) is 51.4 Å². The summed E-state index contributed by atoms with van der Waals surface area (Å²) in [5.74, 6) is -0.500. The van der Waals surface area contributed by atoms with E-state index in [4.69, 9.17) is 4.74 Å². The molecular weight excluding hydrogens is 270 g/mol. The van der Waals surface area contributed by atoms with E-state index in [-0.39, 0.29) is 5.92 Å². The zero-order valence-electron chi connectivity index (χ0n) is 12.7. The van der Waals surface area contributed by atoms with E-state index in [1.54, 1.807) is 18.4 Å². The molecular formula is C18H24F2O. The van der Waals surface area contributed by atoms with Crippen LogP contribution in [0.4, 0.5) is 8.78 Å². The lowest BCUT2D eigenvalue weighted by Gasteiger charge is -2.29. The number of rotatable bonds is 6. The van der Waals surface area contributed by atoms with Crippen LogP contribution in [-0.4, -0.2) is 6.61 Å². The highest BCUT2D eigenvalue weighted by Crippen LogP contribution is 2.38. The van der Waals surface area contributed by atoms with Crippen LogP contribution in [0, 0.1) is 17.6 Å². The largest absolute Gasteiger partial charge is 0.502 e. The van der Waals surface area contributed by atoms with Gasteiger partial charge in [-0.15, -0.1) is 0 Å². The molecule has 1 saturated carbocycles. The molecule has 3 heteroatoms. The molecule has 2 rings (SSSR count). The summed E-state index contributed by atoms with van der Waals surface area (Å²) in [6, 6.07) is 4.53. The smallest absolute Gasteiger partial charge is 0.162 e.